The minimum atomic E-state index is 0.756. The van der Waals surface area contributed by atoms with E-state index in [1.165, 1.54) is 13.0 Å². The maximum atomic E-state index is 3.62. The maximum absolute atomic E-state index is 3.62. The highest BCUT2D eigenvalue weighted by Crippen LogP contribution is 2.24. The molecule has 1 N–H and O–H groups in total. The lowest BCUT2D eigenvalue weighted by atomic mass is 9.82. The molecule has 1 rings (SSSR count). The molecule has 0 aromatic heterocycles. The van der Waals surface area contributed by atoms with Gasteiger partial charge >= 0.3 is 0 Å². The molecule has 0 spiro atoms. The zero-order chi connectivity index (χ0) is 8.43. The van der Waals surface area contributed by atoms with Gasteiger partial charge < -0.3 is 5.32 Å². The summed E-state index contributed by atoms with van der Waals surface area (Å²) in [6.07, 6.45) is 1.40. The highest BCUT2D eigenvalue weighted by atomic mass is 14.9. The Morgan fingerprint density at radius 2 is 1.91 bits per heavy atom. The van der Waals surface area contributed by atoms with Crippen molar-refractivity contribution < 1.29 is 0 Å². The molecule has 3 atom stereocenters. The Kier molecular flexibility index (Phi) is 2.94. The highest BCUT2D eigenvalue weighted by Gasteiger charge is 2.26. The molecule has 0 aliphatic carbocycles. The summed E-state index contributed by atoms with van der Waals surface area (Å²) in [4.78, 5) is 0. The molecule has 0 amide bonds. The van der Waals surface area contributed by atoms with Crippen LogP contribution in [0.4, 0.5) is 0 Å². The summed E-state index contributed by atoms with van der Waals surface area (Å²) in [5.41, 5.74) is 0. The molecular formula is C10H21N. The molecule has 1 nitrogen and oxygen atoms in total. The summed E-state index contributed by atoms with van der Waals surface area (Å²) in [5, 5.41) is 3.62. The van der Waals surface area contributed by atoms with Crippen molar-refractivity contribution in [2.75, 3.05) is 6.54 Å². The number of nitrogens with one attached hydrogen (secondary N) is 1. The Hall–Kier alpha value is -0.0400. The SMILES string of the molecule is CC1CNC(C(C)C)C(C)C1. The van der Waals surface area contributed by atoms with Crippen LogP contribution < -0.4 is 5.32 Å². The van der Waals surface area contributed by atoms with E-state index in [1.807, 2.05) is 0 Å². The third kappa shape index (κ3) is 2.19. The number of piperidine rings is 1. The average molecular weight is 155 g/mol. The lowest BCUT2D eigenvalue weighted by Gasteiger charge is -2.36. The van der Waals surface area contributed by atoms with E-state index < -0.39 is 0 Å². The summed E-state index contributed by atoms with van der Waals surface area (Å²) in [5.74, 6) is 2.52. The summed E-state index contributed by atoms with van der Waals surface area (Å²) in [6.45, 7) is 10.5. The van der Waals surface area contributed by atoms with Gasteiger partial charge in [-0.2, -0.15) is 0 Å². The molecule has 1 heteroatoms. The van der Waals surface area contributed by atoms with Gasteiger partial charge in [0, 0.05) is 6.04 Å². The predicted molar refractivity (Wildman–Crippen MR) is 49.6 cm³/mol. The van der Waals surface area contributed by atoms with Gasteiger partial charge in [0.2, 0.25) is 0 Å². The smallest absolute Gasteiger partial charge is 0.0116 e. The molecule has 11 heavy (non-hydrogen) atoms. The molecule has 3 unspecified atom stereocenters. The average Bonchev–Trinajstić information content (AvgIpc) is 1.85. The van der Waals surface area contributed by atoms with E-state index in [-0.39, 0.29) is 0 Å². The fourth-order valence-corrected chi connectivity index (χ4v) is 2.30. The van der Waals surface area contributed by atoms with Crippen LogP contribution in [0.25, 0.3) is 0 Å². The quantitative estimate of drug-likeness (QED) is 0.612. The zero-order valence-corrected chi connectivity index (χ0v) is 8.22. The first-order chi connectivity index (χ1) is 5.11. The van der Waals surface area contributed by atoms with Gasteiger partial charge in [0.1, 0.15) is 0 Å². The summed E-state index contributed by atoms with van der Waals surface area (Å²) in [7, 11) is 0. The second-order valence-corrected chi connectivity index (χ2v) is 4.50. The van der Waals surface area contributed by atoms with E-state index in [2.05, 4.69) is 33.0 Å². The Labute approximate surface area is 70.6 Å². The number of hydrogen-bond acceptors (Lipinski definition) is 1. The van der Waals surface area contributed by atoms with Crippen molar-refractivity contribution in [1.82, 2.24) is 5.32 Å². The van der Waals surface area contributed by atoms with Gasteiger partial charge in [0.05, 0.1) is 0 Å². The van der Waals surface area contributed by atoms with Gasteiger partial charge in [0.25, 0.3) is 0 Å². The second kappa shape index (κ2) is 3.57. The third-order valence-corrected chi connectivity index (χ3v) is 2.81. The van der Waals surface area contributed by atoms with Gasteiger partial charge in [-0.3, -0.25) is 0 Å². The van der Waals surface area contributed by atoms with Crippen molar-refractivity contribution in [3.8, 4) is 0 Å². The van der Waals surface area contributed by atoms with Crippen LogP contribution in [0.5, 0.6) is 0 Å². The fraction of sp³-hybridized carbons (Fsp3) is 1.00. The van der Waals surface area contributed by atoms with E-state index in [1.54, 1.807) is 0 Å². The van der Waals surface area contributed by atoms with Crippen LogP contribution in [0, 0.1) is 17.8 Å². The van der Waals surface area contributed by atoms with Crippen molar-refractivity contribution >= 4 is 0 Å². The molecule has 1 aliphatic heterocycles. The summed E-state index contributed by atoms with van der Waals surface area (Å²) in [6, 6.07) is 0.756. The Bertz CT molecular complexity index is 120. The van der Waals surface area contributed by atoms with Gasteiger partial charge in [-0.1, -0.05) is 27.7 Å². The lowest BCUT2D eigenvalue weighted by molar-refractivity contribution is 0.201. The molecular weight excluding hydrogens is 134 g/mol. The molecule has 1 saturated heterocycles. The van der Waals surface area contributed by atoms with Gasteiger partial charge in [-0.15, -0.1) is 0 Å². The standard InChI is InChI=1S/C10H21N/c1-7(2)10-9(4)5-8(3)6-11-10/h7-11H,5-6H2,1-4H3. The Morgan fingerprint density at radius 1 is 1.27 bits per heavy atom. The van der Waals surface area contributed by atoms with E-state index in [0.717, 1.165) is 23.8 Å². The minimum absolute atomic E-state index is 0.756. The van der Waals surface area contributed by atoms with Crippen LogP contribution >= 0.6 is 0 Å². The summed E-state index contributed by atoms with van der Waals surface area (Å²) >= 11 is 0. The van der Waals surface area contributed by atoms with Crippen LogP contribution in [0.15, 0.2) is 0 Å². The monoisotopic (exact) mass is 155 g/mol. The van der Waals surface area contributed by atoms with Crippen molar-refractivity contribution in [3.63, 3.8) is 0 Å². The first-order valence-corrected chi connectivity index (χ1v) is 4.84. The molecule has 0 aromatic rings. The van der Waals surface area contributed by atoms with E-state index in [9.17, 15) is 0 Å². The van der Waals surface area contributed by atoms with Gasteiger partial charge in [-0.25, -0.2) is 0 Å². The first-order valence-electron chi connectivity index (χ1n) is 4.84. The Balaban J connectivity index is 2.44. The molecule has 0 saturated carbocycles. The summed E-state index contributed by atoms with van der Waals surface area (Å²) < 4.78 is 0. The Morgan fingerprint density at radius 3 is 2.36 bits per heavy atom. The molecule has 0 aromatic carbocycles. The zero-order valence-electron chi connectivity index (χ0n) is 8.22. The minimum Gasteiger partial charge on any atom is -0.313 e. The third-order valence-electron chi connectivity index (χ3n) is 2.81. The van der Waals surface area contributed by atoms with Crippen LogP contribution in [0.3, 0.4) is 0 Å². The molecule has 0 bridgehead atoms. The first kappa shape index (κ1) is 9.05. The maximum Gasteiger partial charge on any atom is 0.0116 e. The van der Waals surface area contributed by atoms with Crippen molar-refractivity contribution in [2.24, 2.45) is 17.8 Å². The van der Waals surface area contributed by atoms with Crippen LogP contribution in [0.1, 0.15) is 34.1 Å². The molecule has 1 heterocycles. The van der Waals surface area contributed by atoms with Crippen LogP contribution in [0.2, 0.25) is 0 Å². The highest BCUT2D eigenvalue weighted by molar-refractivity contribution is 4.83. The lowest BCUT2D eigenvalue weighted by Crippen LogP contribution is -2.46. The topological polar surface area (TPSA) is 12.0 Å². The fourth-order valence-electron chi connectivity index (χ4n) is 2.30. The van der Waals surface area contributed by atoms with Crippen LogP contribution in [-0.4, -0.2) is 12.6 Å². The van der Waals surface area contributed by atoms with Crippen LogP contribution in [-0.2, 0) is 0 Å². The molecule has 0 radical (unpaired) electrons. The largest absolute Gasteiger partial charge is 0.313 e. The van der Waals surface area contributed by atoms with E-state index in [4.69, 9.17) is 0 Å². The van der Waals surface area contributed by atoms with Crippen molar-refractivity contribution in [1.29, 1.82) is 0 Å². The second-order valence-electron chi connectivity index (χ2n) is 4.50. The number of hydrogen-bond donors (Lipinski definition) is 1. The van der Waals surface area contributed by atoms with E-state index >= 15 is 0 Å². The normalized spacial score (nSPS) is 39.5. The number of rotatable bonds is 1. The molecule has 1 fully saturated rings. The van der Waals surface area contributed by atoms with Gasteiger partial charge in [-0.05, 0) is 30.7 Å². The molecule has 1 aliphatic rings. The van der Waals surface area contributed by atoms with E-state index in [0.29, 0.717) is 0 Å². The van der Waals surface area contributed by atoms with Crippen molar-refractivity contribution in [3.05, 3.63) is 0 Å². The van der Waals surface area contributed by atoms with Crippen molar-refractivity contribution in [2.45, 2.75) is 40.2 Å². The predicted octanol–water partition coefficient (Wildman–Crippen LogP) is 2.28. The van der Waals surface area contributed by atoms with Gasteiger partial charge in [0.15, 0.2) is 0 Å². The molecule has 66 valence electrons.